The van der Waals surface area contributed by atoms with Gasteiger partial charge in [0.05, 0.1) is 0 Å². The number of carbonyl (C=O) groups excluding carboxylic acids is 1. The Balaban J connectivity index is 1.62. The molecule has 124 valence electrons. The Bertz CT molecular complexity index is 469. The zero-order valence-electron chi connectivity index (χ0n) is 14.9. The molecule has 0 aromatic heterocycles. The van der Waals surface area contributed by atoms with Gasteiger partial charge in [-0.2, -0.15) is 0 Å². The van der Waals surface area contributed by atoms with Crippen molar-refractivity contribution < 1.29 is 4.79 Å². The molecule has 0 saturated heterocycles. The molecule has 0 aromatic carbocycles. The molecule has 0 bridgehead atoms. The van der Waals surface area contributed by atoms with Crippen LogP contribution in [0.1, 0.15) is 85.0 Å². The molecule has 0 aliphatic heterocycles. The Morgan fingerprint density at radius 1 is 0.955 bits per heavy atom. The summed E-state index contributed by atoms with van der Waals surface area (Å²) in [6.07, 6.45) is 13.0. The Kier molecular flexibility index (Phi) is 3.51. The largest absolute Gasteiger partial charge is 0.300 e. The van der Waals surface area contributed by atoms with Crippen molar-refractivity contribution in [3.63, 3.8) is 0 Å². The molecule has 4 aliphatic rings. The number of Topliss-reactive ketones (excluding diaryl/α,β-unsaturated/α-hetero) is 1. The smallest absolute Gasteiger partial charge is 0.133 e. The van der Waals surface area contributed by atoms with Crippen LogP contribution >= 0.6 is 0 Å². The van der Waals surface area contributed by atoms with E-state index in [1.165, 1.54) is 51.4 Å². The molecule has 4 fully saturated rings. The van der Waals surface area contributed by atoms with E-state index in [9.17, 15) is 4.79 Å². The highest BCUT2D eigenvalue weighted by Crippen LogP contribution is 2.67. The fourth-order valence-corrected chi connectivity index (χ4v) is 7.82. The summed E-state index contributed by atoms with van der Waals surface area (Å²) >= 11 is 0. The fraction of sp³-hybridized carbons (Fsp3) is 0.952. The van der Waals surface area contributed by atoms with Crippen LogP contribution in [0.15, 0.2) is 0 Å². The molecule has 22 heavy (non-hydrogen) atoms. The molecule has 1 heteroatoms. The van der Waals surface area contributed by atoms with E-state index in [-0.39, 0.29) is 0 Å². The van der Waals surface area contributed by atoms with Crippen molar-refractivity contribution in [1.82, 2.24) is 0 Å². The molecule has 0 spiro atoms. The van der Waals surface area contributed by atoms with Gasteiger partial charge in [0.25, 0.3) is 0 Å². The van der Waals surface area contributed by atoms with Crippen LogP contribution in [-0.2, 0) is 4.79 Å². The topological polar surface area (TPSA) is 17.1 Å². The van der Waals surface area contributed by atoms with Crippen molar-refractivity contribution in [3.8, 4) is 0 Å². The lowest BCUT2D eigenvalue weighted by atomic mass is 9.45. The van der Waals surface area contributed by atoms with Gasteiger partial charge in [0.15, 0.2) is 0 Å². The summed E-state index contributed by atoms with van der Waals surface area (Å²) in [6, 6.07) is 0. The van der Waals surface area contributed by atoms with Gasteiger partial charge in [-0.1, -0.05) is 27.2 Å². The van der Waals surface area contributed by atoms with E-state index in [0.29, 0.717) is 22.5 Å². The van der Waals surface area contributed by atoms with Crippen LogP contribution in [0.3, 0.4) is 0 Å². The molecular formula is C21H34O. The van der Waals surface area contributed by atoms with Crippen LogP contribution < -0.4 is 0 Å². The van der Waals surface area contributed by atoms with Crippen LogP contribution in [-0.4, -0.2) is 5.78 Å². The third-order valence-electron chi connectivity index (χ3n) is 9.17. The van der Waals surface area contributed by atoms with Gasteiger partial charge in [-0.05, 0) is 85.4 Å². The minimum Gasteiger partial charge on any atom is -0.300 e. The van der Waals surface area contributed by atoms with Crippen LogP contribution in [0, 0.1) is 40.4 Å². The number of hydrogen-bond acceptors (Lipinski definition) is 1. The van der Waals surface area contributed by atoms with Gasteiger partial charge >= 0.3 is 0 Å². The van der Waals surface area contributed by atoms with Crippen molar-refractivity contribution in [3.05, 3.63) is 0 Å². The molecule has 0 N–H and O–H groups in total. The van der Waals surface area contributed by atoms with Gasteiger partial charge in [0.2, 0.25) is 0 Å². The summed E-state index contributed by atoms with van der Waals surface area (Å²) in [4.78, 5) is 11.9. The van der Waals surface area contributed by atoms with Gasteiger partial charge in [0, 0.05) is 12.8 Å². The van der Waals surface area contributed by atoms with Crippen LogP contribution in [0.2, 0.25) is 0 Å². The van der Waals surface area contributed by atoms with E-state index in [1.807, 2.05) is 0 Å². The van der Waals surface area contributed by atoms with Crippen LogP contribution in [0.4, 0.5) is 0 Å². The Labute approximate surface area is 136 Å². The lowest BCUT2D eigenvalue weighted by Crippen LogP contribution is -2.53. The summed E-state index contributed by atoms with van der Waals surface area (Å²) in [7, 11) is 0. The minimum atomic E-state index is 0.489. The molecule has 0 radical (unpaired) electrons. The first kappa shape index (κ1) is 15.2. The SMILES string of the molecule is CC[C@@H]1CC[C@@H]2[C@@H]3CC[C@H]4CC(=O)CC[C@]4(C)[C@H]3CC[C@@]12C. The van der Waals surface area contributed by atoms with E-state index in [1.54, 1.807) is 0 Å². The van der Waals surface area contributed by atoms with Gasteiger partial charge < -0.3 is 0 Å². The summed E-state index contributed by atoms with van der Waals surface area (Å²) in [5.41, 5.74) is 1.13. The van der Waals surface area contributed by atoms with Crippen molar-refractivity contribution >= 4 is 5.78 Å². The van der Waals surface area contributed by atoms with Gasteiger partial charge in [-0.15, -0.1) is 0 Å². The van der Waals surface area contributed by atoms with Gasteiger partial charge in [-0.25, -0.2) is 0 Å². The van der Waals surface area contributed by atoms with Crippen LogP contribution in [0.25, 0.3) is 0 Å². The van der Waals surface area contributed by atoms with Crippen molar-refractivity contribution in [2.45, 2.75) is 85.0 Å². The Morgan fingerprint density at radius 3 is 2.50 bits per heavy atom. The Morgan fingerprint density at radius 2 is 1.73 bits per heavy atom. The average molecular weight is 303 g/mol. The second kappa shape index (κ2) is 5.08. The zero-order valence-corrected chi connectivity index (χ0v) is 14.9. The summed E-state index contributed by atoms with van der Waals surface area (Å²) < 4.78 is 0. The lowest BCUT2D eigenvalue weighted by molar-refractivity contribution is -0.139. The molecule has 0 amide bonds. The maximum Gasteiger partial charge on any atom is 0.133 e. The predicted octanol–water partition coefficient (Wildman–Crippen LogP) is 5.62. The van der Waals surface area contributed by atoms with Crippen molar-refractivity contribution in [2.24, 2.45) is 40.4 Å². The highest BCUT2D eigenvalue weighted by Gasteiger charge is 2.59. The highest BCUT2D eigenvalue weighted by molar-refractivity contribution is 5.79. The lowest BCUT2D eigenvalue weighted by Gasteiger charge is -2.60. The number of hydrogen-bond donors (Lipinski definition) is 0. The first-order chi connectivity index (χ1) is 10.5. The van der Waals surface area contributed by atoms with E-state index in [2.05, 4.69) is 20.8 Å². The molecule has 0 aromatic rings. The summed E-state index contributed by atoms with van der Waals surface area (Å²) in [5, 5.41) is 0. The Hall–Kier alpha value is -0.330. The number of fused-ring (bicyclic) bond motifs is 5. The third-order valence-corrected chi connectivity index (χ3v) is 9.17. The number of carbonyl (C=O) groups is 1. The monoisotopic (exact) mass is 302 g/mol. The normalized spacial score (nSPS) is 54.5. The third kappa shape index (κ3) is 1.93. The van der Waals surface area contributed by atoms with Crippen molar-refractivity contribution in [2.75, 3.05) is 0 Å². The molecule has 4 rings (SSSR count). The molecule has 4 aliphatic carbocycles. The summed E-state index contributed by atoms with van der Waals surface area (Å²) in [5.74, 6) is 5.14. The van der Waals surface area contributed by atoms with E-state index < -0.39 is 0 Å². The van der Waals surface area contributed by atoms with Gasteiger partial charge in [-0.3, -0.25) is 4.79 Å². The second-order valence-electron chi connectivity index (χ2n) is 9.63. The summed E-state index contributed by atoms with van der Waals surface area (Å²) in [6.45, 7) is 7.61. The maximum absolute atomic E-state index is 11.9. The molecule has 0 heterocycles. The molecule has 1 nitrogen and oxygen atoms in total. The van der Waals surface area contributed by atoms with E-state index in [4.69, 9.17) is 0 Å². The van der Waals surface area contributed by atoms with E-state index >= 15 is 0 Å². The van der Waals surface area contributed by atoms with Gasteiger partial charge in [0.1, 0.15) is 5.78 Å². The van der Waals surface area contributed by atoms with Crippen LogP contribution in [0.5, 0.6) is 0 Å². The fourth-order valence-electron chi connectivity index (χ4n) is 7.82. The minimum absolute atomic E-state index is 0.489. The average Bonchev–Trinajstić information content (AvgIpc) is 2.84. The zero-order chi connectivity index (χ0) is 15.5. The molecule has 7 atom stereocenters. The molecule has 4 saturated carbocycles. The maximum atomic E-state index is 11.9. The molecule has 0 unspecified atom stereocenters. The quantitative estimate of drug-likeness (QED) is 0.614. The number of ketones is 1. The first-order valence-electron chi connectivity index (χ1n) is 10.0. The standard InChI is InChI=1S/C21H34O/c1-4-14-6-8-18-17-7-5-15-13-16(22)9-11-21(15,3)19(17)10-12-20(14,18)2/h14-15,17-19H,4-13H2,1-3H3/t14-,15+,17+,18-,19+,20+,21+/m1/s1. The highest BCUT2D eigenvalue weighted by atomic mass is 16.1. The molecular weight excluding hydrogens is 268 g/mol. The first-order valence-corrected chi connectivity index (χ1v) is 10.0. The van der Waals surface area contributed by atoms with E-state index in [0.717, 1.165) is 36.5 Å². The van der Waals surface area contributed by atoms with Crippen molar-refractivity contribution in [1.29, 1.82) is 0 Å². The predicted molar refractivity (Wildman–Crippen MR) is 90.5 cm³/mol. The number of rotatable bonds is 1. The second-order valence-corrected chi connectivity index (χ2v) is 9.63.